The van der Waals surface area contributed by atoms with Gasteiger partial charge in [-0.15, -0.1) is 213 Å². The van der Waals surface area contributed by atoms with E-state index in [1.165, 1.54) is 38.9 Å². The molecule has 0 fully saturated rings. The molecule has 0 aliphatic rings. The summed E-state index contributed by atoms with van der Waals surface area (Å²) >= 11 is 0. The fourth-order valence-electron chi connectivity index (χ4n) is 9.61. The van der Waals surface area contributed by atoms with E-state index in [1.54, 1.807) is 24.8 Å². The minimum atomic E-state index is 0. The second-order valence-corrected chi connectivity index (χ2v) is 21.1. The van der Waals surface area contributed by atoms with Crippen molar-refractivity contribution < 1.29 is 121 Å². The Hall–Kier alpha value is -8.22. The van der Waals surface area contributed by atoms with Crippen LogP contribution < -0.4 is 0 Å². The third-order valence-corrected chi connectivity index (χ3v) is 14.4. The van der Waals surface area contributed by atoms with Crippen molar-refractivity contribution in [3.8, 4) is 101 Å². The third kappa shape index (κ3) is 26.4. The van der Waals surface area contributed by atoms with Crippen molar-refractivity contribution in [3.63, 3.8) is 0 Å². The molecule has 12 heteroatoms. The van der Waals surface area contributed by atoms with Crippen LogP contribution in [0.4, 0.5) is 0 Å². The van der Waals surface area contributed by atoms with Gasteiger partial charge in [0.15, 0.2) is 0 Å². The Morgan fingerprint density at radius 1 is 0.242 bits per heavy atom. The molecule has 99 heavy (non-hydrogen) atoms. The molecule has 0 aliphatic heterocycles. The summed E-state index contributed by atoms with van der Waals surface area (Å²) in [6.07, 6.45) is 10.9. The molecule has 6 heterocycles. The van der Waals surface area contributed by atoms with E-state index < -0.39 is 0 Å². The third-order valence-electron chi connectivity index (χ3n) is 14.4. The Labute approximate surface area is 665 Å². The molecule has 6 radical (unpaired) electrons. The van der Waals surface area contributed by atoms with Gasteiger partial charge in [-0.1, -0.05) is 178 Å². The van der Waals surface area contributed by atoms with E-state index in [2.05, 4.69) is 166 Å². The molecule has 6 aromatic heterocycles. The van der Waals surface area contributed by atoms with Crippen LogP contribution in [0.5, 0.6) is 0 Å². The van der Waals surface area contributed by atoms with E-state index in [4.69, 9.17) is 0 Å². The zero-order valence-corrected chi connectivity index (χ0v) is 68.5. The smallest absolute Gasteiger partial charge is 0.0239 e. The quantitative estimate of drug-likeness (QED) is 0.134. The van der Waals surface area contributed by atoms with Crippen LogP contribution in [0.3, 0.4) is 0 Å². The Kier molecular flexibility index (Phi) is 38.8. The molecular formula is C87H66Ir6N6-6. The number of aromatic nitrogens is 6. The van der Waals surface area contributed by atoms with E-state index in [0.29, 0.717) is 0 Å². The van der Waals surface area contributed by atoms with Crippen LogP contribution in [0.25, 0.3) is 101 Å². The Balaban J connectivity index is 0.000000251. The van der Waals surface area contributed by atoms with Crippen LogP contribution in [0.1, 0.15) is 16.7 Å². The summed E-state index contributed by atoms with van der Waals surface area (Å²) in [7, 11) is 0. The van der Waals surface area contributed by atoms with Crippen LogP contribution in [0.2, 0.25) is 0 Å². The van der Waals surface area contributed by atoms with Gasteiger partial charge in [-0.05, 0) is 92.3 Å². The van der Waals surface area contributed by atoms with Gasteiger partial charge < -0.3 is 29.9 Å². The zero-order valence-electron chi connectivity index (χ0n) is 54.1. The molecular weight excluding hydrogens is 2280 g/mol. The van der Waals surface area contributed by atoms with E-state index >= 15 is 0 Å². The minimum Gasteiger partial charge on any atom is -0.305 e. The summed E-state index contributed by atoms with van der Waals surface area (Å²) in [5.41, 5.74) is 22.8. The van der Waals surface area contributed by atoms with Crippen molar-refractivity contribution in [2.75, 3.05) is 0 Å². The number of hydrogen-bond donors (Lipinski definition) is 0. The largest absolute Gasteiger partial charge is 0.305 e. The van der Waals surface area contributed by atoms with E-state index in [-0.39, 0.29) is 121 Å². The number of aryl methyl sites for hydroxylation is 3. The van der Waals surface area contributed by atoms with Crippen LogP contribution in [-0.4, -0.2) is 29.9 Å². The standard InChI is InChI=1S/3C17H12N.3C12H10N.6Ir/c1-3-8-14(9-4-1)16-12-7-13-18-17(16)15-10-5-2-6-11-15;1-3-7-14(8-4-1)16-11-12-17(18-13-16)15-9-5-2-6-10-15;1-2-7-14(8-3-1)15-9-6-10-16(13-15)17-11-4-5-12-18-17;1-10-5-4-6-11(9-10)12-7-2-3-8-13-12;1-10-6-2-3-7-11(10)12-8-4-5-9-13-12;1-10-5-7-11(8-6-10)12-4-2-3-9-13-12;;;;;;/h1-10,12-13H;2*1-9,11-13H;2-5,7-9H,1H3;2-6,8-9H,1H3;2-7,9H,1H3;;;;;;/q6*-1;;;;;;. The molecule has 504 valence electrons. The molecule has 0 unspecified atom stereocenters. The summed E-state index contributed by atoms with van der Waals surface area (Å²) in [6.45, 7) is 6.19. The summed E-state index contributed by atoms with van der Waals surface area (Å²) in [4.78, 5) is 26.1. The fourth-order valence-corrected chi connectivity index (χ4v) is 9.61. The molecule has 0 amide bonds. The second kappa shape index (κ2) is 46.2. The van der Waals surface area contributed by atoms with Crippen molar-refractivity contribution in [2.24, 2.45) is 0 Å². The van der Waals surface area contributed by atoms with Gasteiger partial charge in [-0.25, -0.2) is 0 Å². The van der Waals surface area contributed by atoms with Gasteiger partial charge in [0.25, 0.3) is 0 Å². The molecule has 15 aromatic rings. The van der Waals surface area contributed by atoms with Gasteiger partial charge >= 0.3 is 0 Å². The zero-order chi connectivity index (χ0) is 63.9. The maximum atomic E-state index is 4.49. The van der Waals surface area contributed by atoms with Crippen LogP contribution in [0, 0.1) is 57.2 Å². The molecule has 0 atom stereocenters. The van der Waals surface area contributed by atoms with Crippen LogP contribution in [-0.2, 0) is 121 Å². The SMILES string of the molecule is Cc1c[c-]c(-c2ccccn2)cc1.Cc1cc[c-]c(-c2ccccn2)c1.Cc1ccc[c-]c1-c1ccccn1.[Ir].[Ir].[Ir].[Ir].[Ir].[Ir].[c-]1ccc(-c2ccccc2)cc1-c1ccccn1.[c-]1ccccc1-c1ccc(-c2ccccc2)cn1.[c-]1ccccc1-c1ncccc1-c1ccccc1. The van der Waals surface area contributed by atoms with Gasteiger partial charge in [0, 0.05) is 158 Å². The first-order valence-corrected chi connectivity index (χ1v) is 30.5. The maximum Gasteiger partial charge on any atom is 0.0239 e. The van der Waals surface area contributed by atoms with Crippen molar-refractivity contribution >= 4 is 0 Å². The molecule has 0 N–H and O–H groups in total. The predicted octanol–water partition coefficient (Wildman–Crippen LogP) is 21.2. The van der Waals surface area contributed by atoms with Crippen LogP contribution in [0.15, 0.2) is 347 Å². The number of benzene rings is 9. The molecule has 0 saturated heterocycles. The van der Waals surface area contributed by atoms with Gasteiger partial charge in [0.05, 0.1) is 0 Å². The summed E-state index contributed by atoms with van der Waals surface area (Å²) in [6, 6.07) is 122. The topological polar surface area (TPSA) is 77.3 Å². The predicted molar refractivity (Wildman–Crippen MR) is 382 cm³/mol. The summed E-state index contributed by atoms with van der Waals surface area (Å²) in [5.74, 6) is 0. The second-order valence-electron chi connectivity index (χ2n) is 21.1. The minimum absolute atomic E-state index is 0. The Morgan fingerprint density at radius 3 is 1.19 bits per heavy atom. The average Bonchev–Trinajstić information content (AvgIpc) is 0.899. The molecule has 9 aromatic carbocycles. The van der Waals surface area contributed by atoms with Gasteiger partial charge in [0.2, 0.25) is 0 Å². The Morgan fingerprint density at radius 2 is 0.697 bits per heavy atom. The molecule has 6 nitrogen and oxygen atoms in total. The van der Waals surface area contributed by atoms with E-state index in [0.717, 1.165) is 78.7 Å². The van der Waals surface area contributed by atoms with E-state index in [1.807, 2.05) is 243 Å². The average molecular weight is 2350 g/mol. The molecule has 15 rings (SSSR count). The van der Waals surface area contributed by atoms with Crippen molar-refractivity contribution in [3.05, 3.63) is 400 Å². The molecule has 0 bridgehead atoms. The van der Waals surface area contributed by atoms with Gasteiger partial charge in [-0.3, -0.25) is 0 Å². The van der Waals surface area contributed by atoms with Gasteiger partial charge in [0.1, 0.15) is 0 Å². The molecule has 0 spiro atoms. The number of hydrogen-bond acceptors (Lipinski definition) is 6. The number of rotatable bonds is 9. The summed E-state index contributed by atoms with van der Waals surface area (Å²) in [5, 5.41) is 0. The van der Waals surface area contributed by atoms with Crippen molar-refractivity contribution in [2.45, 2.75) is 20.8 Å². The first kappa shape index (κ1) is 83.2. The monoisotopic (exact) mass is 2350 g/mol. The molecule has 0 aliphatic carbocycles. The van der Waals surface area contributed by atoms with Gasteiger partial charge in [-0.2, -0.15) is 0 Å². The number of nitrogens with zero attached hydrogens (tertiary/aromatic N) is 6. The molecule has 0 saturated carbocycles. The summed E-state index contributed by atoms with van der Waals surface area (Å²) < 4.78 is 0. The van der Waals surface area contributed by atoms with Crippen molar-refractivity contribution in [1.29, 1.82) is 0 Å². The fraction of sp³-hybridized carbons (Fsp3) is 0.0345. The maximum absolute atomic E-state index is 4.49. The van der Waals surface area contributed by atoms with Crippen molar-refractivity contribution in [1.82, 2.24) is 29.9 Å². The normalized spacial score (nSPS) is 9.48. The first-order valence-electron chi connectivity index (χ1n) is 30.5. The number of pyridine rings is 6. The Bertz CT molecular complexity index is 4430. The van der Waals surface area contributed by atoms with Crippen LogP contribution >= 0.6 is 0 Å². The first-order chi connectivity index (χ1) is 45.9. The van der Waals surface area contributed by atoms with E-state index in [9.17, 15) is 0 Å².